The van der Waals surface area contributed by atoms with Crippen LogP contribution in [0.15, 0.2) is 34.2 Å². The second-order valence-corrected chi connectivity index (χ2v) is 13.0. The van der Waals surface area contributed by atoms with Gasteiger partial charge in [-0.15, -0.1) is 0 Å². The number of rotatable bonds is 6. The van der Waals surface area contributed by atoms with Gasteiger partial charge in [-0.2, -0.15) is 0 Å². The lowest BCUT2D eigenvalue weighted by Gasteiger charge is -2.48. The summed E-state index contributed by atoms with van der Waals surface area (Å²) in [5, 5.41) is 13.4. The lowest BCUT2D eigenvalue weighted by Crippen LogP contribution is -2.52. The maximum atomic E-state index is 14.0. The van der Waals surface area contributed by atoms with Gasteiger partial charge in [-0.3, -0.25) is 9.69 Å². The minimum Gasteiger partial charge on any atom is -0.478 e. The molecule has 4 bridgehead atoms. The van der Waals surface area contributed by atoms with Crippen LogP contribution in [-0.2, 0) is 9.63 Å². The van der Waals surface area contributed by atoms with Crippen molar-refractivity contribution in [3.05, 3.63) is 40.3 Å². The number of carboxylic acid groups (broad SMARTS) is 1. The predicted molar refractivity (Wildman–Crippen MR) is 151 cm³/mol. The summed E-state index contributed by atoms with van der Waals surface area (Å²) < 4.78 is 1.96. The van der Waals surface area contributed by atoms with Gasteiger partial charge in [0, 0.05) is 24.2 Å². The fraction of sp³-hybridized carbons (Fsp3) is 0.677. The van der Waals surface area contributed by atoms with Crippen LogP contribution in [0, 0.1) is 11.8 Å². The molecule has 4 aliphatic rings. The summed E-state index contributed by atoms with van der Waals surface area (Å²) in [6.45, 7) is 4.53. The predicted octanol–water partition coefficient (Wildman–Crippen LogP) is 5.53. The quantitative estimate of drug-likeness (QED) is 0.387. The van der Waals surface area contributed by atoms with Crippen molar-refractivity contribution in [1.82, 2.24) is 14.5 Å². The molecule has 1 aromatic carbocycles. The summed E-state index contributed by atoms with van der Waals surface area (Å²) in [6, 6.07) is 9.67. The number of hydrogen-bond donors (Lipinski definition) is 1. The Labute approximate surface area is 230 Å². The van der Waals surface area contributed by atoms with Crippen molar-refractivity contribution in [2.45, 2.75) is 121 Å². The molecule has 0 radical (unpaired) electrons. The van der Waals surface area contributed by atoms with Crippen LogP contribution in [-0.4, -0.2) is 55.0 Å². The Morgan fingerprint density at radius 2 is 1.59 bits per heavy atom. The van der Waals surface area contributed by atoms with Crippen LogP contribution < -0.4 is 5.56 Å². The summed E-state index contributed by atoms with van der Waals surface area (Å²) in [7, 11) is 0. The SMILES string of the molecule is C/C(=N\OC(C)(C)C(=O)O)c1nc2ccccc2n([C@H]2C[C@H]3CC[C@@H](C2)N3C2CC3CCCCC(C3)C2)c1=O. The van der Waals surface area contributed by atoms with Crippen LogP contribution in [0.25, 0.3) is 11.0 Å². The third-order valence-electron chi connectivity index (χ3n) is 9.97. The number of para-hydroxylation sites is 2. The van der Waals surface area contributed by atoms with Gasteiger partial charge >= 0.3 is 5.97 Å². The van der Waals surface area contributed by atoms with Gasteiger partial charge < -0.3 is 14.5 Å². The van der Waals surface area contributed by atoms with E-state index in [0.717, 1.165) is 35.7 Å². The van der Waals surface area contributed by atoms with E-state index < -0.39 is 11.6 Å². The lowest BCUT2D eigenvalue weighted by atomic mass is 9.76. The molecule has 2 saturated heterocycles. The Hall–Kier alpha value is -2.74. The van der Waals surface area contributed by atoms with Crippen LogP contribution in [0.4, 0.5) is 0 Å². The third kappa shape index (κ3) is 5.01. The Balaban J connectivity index is 1.30. The van der Waals surface area contributed by atoms with E-state index in [1.165, 1.54) is 71.6 Å². The highest BCUT2D eigenvalue weighted by molar-refractivity contribution is 5.97. The minimum absolute atomic E-state index is 0.105. The molecule has 1 N–H and O–H groups in total. The van der Waals surface area contributed by atoms with Crippen LogP contribution in [0.5, 0.6) is 0 Å². The standard InChI is InChI=1S/C31H42N4O4/c1-19(33-39-31(2,3)30(37)38)28-29(36)35(27-11-7-6-10-26(27)32-28)25-17-22-12-13-23(18-25)34(22)24-15-20-8-4-5-9-21(14-20)16-24/h6-7,10-11,20-25H,4-5,8-9,12-18H2,1-3H3,(H,37,38)/b33-19+/t20?,21?,22-,23+,24?,25+. The number of fused-ring (bicyclic) bond motifs is 5. The van der Waals surface area contributed by atoms with E-state index in [2.05, 4.69) is 15.0 Å². The van der Waals surface area contributed by atoms with Gasteiger partial charge in [0.05, 0.1) is 11.0 Å². The molecule has 6 rings (SSSR count). The van der Waals surface area contributed by atoms with Crippen LogP contribution >= 0.6 is 0 Å². The molecule has 2 aliphatic heterocycles. The first-order valence-electron chi connectivity index (χ1n) is 15.0. The fourth-order valence-electron chi connectivity index (χ4n) is 8.12. The Kier molecular flexibility index (Phi) is 7.02. The number of piperidine rings is 1. The summed E-state index contributed by atoms with van der Waals surface area (Å²) in [5.74, 6) is 0.680. The van der Waals surface area contributed by atoms with Gasteiger partial charge in [-0.05, 0) is 89.7 Å². The molecule has 2 unspecified atom stereocenters. The van der Waals surface area contributed by atoms with Crippen LogP contribution in [0.2, 0.25) is 0 Å². The molecular formula is C31H42N4O4. The number of nitrogens with zero attached hydrogens (tertiary/aromatic N) is 4. The van der Waals surface area contributed by atoms with E-state index in [1.807, 2.05) is 28.8 Å². The summed E-state index contributed by atoms with van der Waals surface area (Å²) in [5.41, 5.74) is 0.436. The van der Waals surface area contributed by atoms with Crippen molar-refractivity contribution < 1.29 is 14.7 Å². The molecule has 39 heavy (non-hydrogen) atoms. The molecule has 2 saturated carbocycles. The lowest BCUT2D eigenvalue weighted by molar-refractivity contribution is -0.161. The first kappa shape index (κ1) is 26.5. The van der Waals surface area contributed by atoms with Crippen molar-refractivity contribution in [3.8, 4) is 0 Å². The number of benzene rings is 1. The highest BCUT2D eigenvalue weighted by Gasteiger charge is 2.47. The first-order valence-corrected chi connectivity index (χ1v) is 15.0. The summed E-state index contributed by atoms with van der Waals surface area (Å²) in [4.78, 5) is 38.3. The summed E-state index contributed by atoms with van der Waals surface area (Å²) >= 11 is 0. The summed E-state index contributed by atoms with van der Waals surface area (Å²) in [6.07, 6.45) is 14.2. The highest BCUT2D eigenvalue weighted by atomic mass is 16.7. The molecule has 1 aromatic heterocycles. The first-order chi connectivity index (χ1) is 18.7. The van der Waals surface area contributed by atoms with Crippen LogP contribution in [0.1, 0.15) is 103 Å². The zero-order chi connectivity index (χ0) is 27.3. The monoisotopic (exact) mass is 534 g/mol. The van der Waals surface area contributed by atoms with Gasteiger partial charge in [-0.25, -0.2) is 9.78 Å². The van der Waals surface area contributed by atoms with E-state index in [-0.39, 0.29) is 17.3 Å². The molecule has 2 aliphatic carbocycles. The van der Waals surface area contributed by atoms with Crippen molar-refractivity contribution in [2.24, 2.45) is 17.0 Å². The normalized spacial score (nSPS) is 31.7. The molecule has 8 nitrogen and oxygen atoms in total. The molecular weight excluding hydrogens is 492 g/mol. The zero-order valence-electron chi connectivity index (χ0n) is 23.5. The second kappa shape index (κ2) is 10.3. The zero-order valence-corrected chi connectivity index (χ0v) is 23.5. The van der Waals surface area contributed by atoms with Crippen molar-refractivity contribution in [2.75, 3.05) is 0 Å². The Morgan fingerprint density at radius 3 is 2.23 bits per heavy atom. The van der Waals surface area contributed by atoms with Gasteiger partial charge in [0.15, 0.2) is 5.69 Å². The maximum Gasteiger partial charge on any atom is 0.350 e. The molecule has 0 amide bonds. The number of hydrogen-bond acceptors (Lipinski definition) is 6. The average Bonchev–Trinajstić information content (AvgIpc) is 3.06. The van der Waals surface area contributed by atoms with E-state index in [1.54, 1.807) is 6.92 Å². The molecule has 0 spiro atoms. The van der Waals surface area contributed by atoms with Crippen molar-refractivity contribution in [1.29, 1.82) is 0 Å². The average molecular weight is 535 g/mol. The van der Waals surface area contributed by atoms with Gasteiger partial charge in [-0.1, -0.05) is 43.0 Å². The fourth-order valence-corrected chi connectivity index (χ4v) is 8.12. The number of carboxylic acids is 1. The van der Waals surface area contributed by atoms with E-state index in [9.17, 15) is 14.7 Å². The Morgan fingerprint density at radius 1 is 0.949 bits per heavy atom. The number of aliphatic carboxylic acids is 1. The third-order valence-corrected chi connectivity index (χ3v) is 9.97. The van der Waals surface area contributed by atoms with E-state index in [0.29, 0.717) is 23.8 Å². The van der Waals surface area contributed by atoms with E-state index in [4.69, 9.17) is 4.84 Å². The van der Waals surface area contributed by atoms with Crippen LogP contribution in [0.3, 0.4) is 0 Å². The van der Waals surface area contributed by atoms with Gasteiger partial charge in [0.1, 0.15) is 5.71 Å². The smallest absolute Gasteiger partial charge is 0.350 e. The number of carbonyl (C=O) groups is 1. The maximum absolute atomic E-state index is 14.0. The topological polar surface area (TPSA) is 97.0 Å². The Bertz CT molecular complexity index is 1310. The van der Waals surface area contributed by atoms with E-state index >= 15 is 0 Å². The highest BCUT2D eigenvalue weighted by Crippen LogP contribution is 2.47. The van der Waals surface area contributed by atoms with Gasteiger partial charge in [0.2, 0.25) is 5.60 Å². The number of oxime groups is 1. The second-order valence-electron chi connectivity index (χ2n) is 13.0. The largest absolute Gasteiger partial charge is 0.478 e. The van der Waals surface area contributed by atoms with Crippen molar-refractivity contribution in [3.63, 3.8) is 0 Å². The molecule has 3 heterocycles. The molecule has 4 fully saturated rings. The molecule has 5 atom stereocenters. The number of aromatic nitrogens is 2. The molecule has 210 valence electrons. The minimum atomic E-state index is -1.50. The molecule has 2 aromatic rings. The van der Waals surface area contributed by atoms with Gasteiger partial charge in [0.25, 0.3) is 5.56 Å². The molecule has 8 heteroatoms. The van der Waals surface area contributed by atoms with Crippen molar-refractivity contribution >= 4 is 22.7 Å².